The van der Waals surface area contributed by atoms with Gasteiger partial charge in [-0.15, -0.1) is 0 Å². The molecule has 0 spiro atoms. The Bertz CT molecular complexity index is 1470. The number of hydrogen-bond donors (Lipinski definition) is 2. The van der Waals surface area contributed by atoms with Gasteiger partial charge in [0.1, 0.15) is 5.82 Å². The second kappa shape index (κ2) is 10.1. The molecule has 4 aromatic rings. The van der Waals surface area contributed by atoms with Crippen LogP contribution in [0.1, 0.15) is 47.8 Å². The van der Waals surface area contributed by atoms with Gasteiger partial charge in [0.05, 0.1) is 29.4 Å². The summed E-state index contributed by atoms with van der Waals surface area (Å²) in [7, 11) is 1.70. The Balaban J connectivity index is 1.33. The molecule has 1 aliphatic carbocycles. The number of aryl methyl sites for hydroxylation is 2. The molecule has 3 aromatic heterocycles. The Hall–Kier alpha value is -4.12. The molecular formula is C26H27FN6O4. The van der Waals surface area contributed by atoms with Crippen LogP contribution >= 0.6 is 0 Å². The van der Waals surface area contributed by atoms with Crippen molar-refractivity contribution in [1.82, 2.24) is 19.4 Å². The SMILES string of the molecule is COC1CCC(C(=O)Nc2cnc3nc(-c4cc(NC(=O)c5oc(C)nc5C)ccc4F)cn3c2)CC1. The molecule has 0 atom stereocenters. The van der Waals surface area contributed by atoms with Crippen molar-refractivity contribution in [2.45, 2.75) is 45.6 Å². The third kappa shape index (κ3) is 5.21. The number of nitrogens with zero attached hydrogens (tertiary/aromatic N) is 4. The van der Waals surface area contributed by atoms with Crippen LogP contribution in [0, 0.1) is 25.6 Å². The van der Waals surface area contributed by atoms with Crippen molar-refractivity contribution in [2.75, 3.05) is 17.7 Å². The summed E-state index contributed by atoms with van der Waals surface area (Å²) in [6.07, 6.45) is 8.33. The molecule has 0 saturated heterocycles. The summed E-state index contributed by atoms with van der Waals surface area (Å²) < 4.78 is 27.1. The number of oxazole rings is 1. The topological polar surface area (TPSA) is 124 Å². The maximum absolute atomic E-state index is 14.7. The van der Waals surface area contributed by atoms with Crippen LogP contribution in [0.15, 0.2) is 41.2 Å². The number of methoxy groups -OCH3 is 1. The Kier molecular flexibility index (Phi) is 6.70. The zero-order valence-electron chi connectivity index (χ0n) is 20.7. The van der Waals surface area contributed by atoms with Gasteiger partial charge < -0.3 is 19.8 Å². The fraction of sp³-hybridized carbons (Fsp3) is 0.346. The molecule has 5 rings (SSSR count). The van der Waals surface area contributed by atoms with Crippen LogP contribution in [-0.4, -0.2) is 44.4 Å². The van der Waals surface area contributed by atoms with Crippen molar-refractivity contribution in [3.63, 3.8) is 0 Å². The molecule has 3 heterocycles. The average Bonchev–Trinajstić information content (AvgIpc) is 3.46. The Labute approximate surface area is 212 Å². The molecule has 0 radical (unpaired) electrons. The van der Waals surface area contributed by atoms with Crippen LogP contribution in [0.2, 0.25) is 0 Å². The highest BCUT2D eigenvalue weighted by Crippen LogP contribution is 2.28. The van der Waals surface area contributed by atoms with Crippen molar-refractivity contribution in [2.24, 2.45) is 5.92 Å². The molecule has 1 fully saturated rings. The highest BCUT2D eigenvalue weighted by Gasteiger charge is 2.26. The fourth-order valence-corrected chi connectivity index (χ4v) is 4.61. The van der Waals surface area contributed by atoms with Crippen molar-refractivity contribution < 1.29 is 23.1 Å². The van der Waals surface area contributed by atoms with E-state index in [0.29, 0.717) is 34.4 Å². The smallest absolute Gasteiger partial charge is 0.293 e. The fourth-order valence-electron chi connectivity index (χ4n) is 4.61. The molecule has 1 aromatic carbocycles. The Morgan fingerprint density at radius 2 is 1.86 bits per heavy atom. The van der Waals surface area contributed by atoms with E-state index in [9.17, 15) is 14.0 Å². The normalized spacial score (nSPS) is 17.6. The van der Waals surface area contributed by atoms with Crippen LogP contribution in [0.5, 0.6) is 0 Å². The largest absolute Gasteiger partial charge is 0.436 e. The molecule has 1 saturated carbocycles. The average molecular weight is 507 g/mol. The summed E-state index contributed by atoms with van der Waals surface area (Å²) >= 11 is 0. The first-order chi connectivity index (χ1) is 17.8. The first kappa shape index (κ1) is 24.6. The monoisotopic (exact) mass is 506 g/mol. The summed E-state index contributed by atoms with van der Waals surface area (Å²) in [4.78, 5) is 38.1. The van der Waals surface area contributed by atoms with Crippen molar-refractivity contribution in [1.29, 1.82) is 0 Å². The predicted molar refractivity (Wildman–Crippen MR) is 134 cm³/mol. The lowest BCUT2D eigenvalue weighted by Gasteiger charge is -2.26. The molecule has 2 amide bonds. The minimum atomic E-state index is -0.506. The van der Waals surface area contributed by atoms with E-state index in [4.69, 9.17) is 9.15 Å². The standard InChI is InChI=1S/C26H27FN6O4/c1-14-23(37-15(2)29-14)25(35)30-17-6-9-21(27)20(10-17)22-13-33-12-18(11-28-26(33)32-22)31-24(34)16-4-7-19(36-3)8-5-16/h6,9-13,16,19H,4-5,7-8H2,1-3H3,(H,30,35)(H,31,34). The summed E-state index contributed by atoms with van der Waals surface area (Å²) in [5.74, 6) is -0.290. The van der Waals surface area contributed by atoms with Crippen LogP contribution in [0.3, 0.4) is 0 Å². The Morgan fingerprint density at radius 1 is 1.08 bits per heavy atom. The van der Waals surface area contributed by atoms with Crippen LogP contribution in [0.25, 0.3) is 17.0 Å². The van der Waals surface area contributed by atoms with Gasteiger partial charge in [-0.3, -0.25) is 14.0 Å². The minimum Gasteiger partial charge on any atom is -0.436 e. The summed E-state index contributed by atoms with van der Waals surface area (Å²) in [6, 6.07) is 4.20. The van der Waals surface area contributed by atoms with E-state index < -0.39 is 11.7 Å². The van der Waals surface area contributed by atoms with Crippen LogP contribution < -0.4 is 10.6 Å². The quantitative estimate of drug-likeness (QED) is 0.394. The van der Waals surface area contributed by atoms with Gasteiger partial charge in [0.25, 0.3) is 5.91 Å². The van der Waals surface area contributed by atoms with Crippen molar-refractivity contribution >= 4 is 29.0 Å². The number of hydrogen-bond acceptors (Lipinski definition) is 7. The molecule has 0 unspecified atom stereocenters. The maximum Gasteiger partial charge on any atom is 0.293 e. The third-order valence-electron chi connectivity index (χ3n) is 6.57. The van der Waals surface area contributed by atoms with E-state index >= 15 is 0 Å². The van der Waals surface area contributed by atoms with Crippen LogP contribution in [0.4, 0.5) is 15.8 Å². The van der Waals surface area contributed by atoms with Gasteiger partial charge in [0, 0.05) is 43.6 Å². The second-order valence-electron chi connectivity index (χ2n) is 9.17. The van der Waals surface area contributed by atoms with E-state index in [1.54, 1.807) is 37.8 Å². The van der Waals surface area contributed by atoms with E-state index in [0.717, 1.165) is 25.7 Å². The number of ether oxygens (including phenoxy) is 1. The van der Waals surface area contributed by atoms with Gasteiger partial charge in [-0.1, -0.05) is 0 Å². The lowest BCUT2D eigenvalue weighted by atomic mass is 9.87. The second-order valence-corrected chi connectivity index (χ2v) is 9.17. The highest BCUT2D eigenvalue weighted by atomic mass is 19.1. The van der Waals surface area contributed by atoms with Gasteiger partial charge in [0.15, 0.2) is 5.89 Å². The zero-order chi connectivity index (χ0) is 26.1. The van der Waals surface area contributed by atoms with Gasteiger partial charge >= 0.3 is 0 Å². The third-order valence-corrected chi connectivity index (χ3v) is 6.57. The summed E-state index contributed by atoms with van der Waals surface area (Å²) in [6.45, 7) is 3.33. The minimum absolute atomic E-state index is 0.0530. The van der Waals surface area contributed by atoms with Gasteiger partial charge in [-0.25, -0.2) is 19.3 Å². The molecule has 37 heavy (non-hydrogen) atoms. The summed E-state index contributed by atoms with van der Waals surface area (Å²) in [5, 5.41) is 5.63. The molecule has 2 N–H and O–H groups in total. The zero-order valence-corrected chi connectivity index (χ0v) is 20.7. The highest BCUT2D eigenvalue weighted by molar-refractivity contribution is 6.03. The molecule has 192 valence electrons. The number of nitrogens with one attached hydrogen (secondary N) is 2. The molecule has 10 nitrogen and oxygen atoms in total. The number of benzene rings is 1. The van der Waals surface area contributed by atoms with E-state index in [2.05, 4.69) is 25.6 Å². The lowest BCUT2D eigenvalue weighted by molar-refractivity contribution is -0.121. The number of anilines is 2. The first-order valence-corrected chi connectivity index (χ1v) is 12.0. The number of fused-ring (bicyclic) bond motifs is 1. The lowest BCUT2D eigenvalue weighted by Crippen LogP contribution is -2.29. The number of halogens is 1. The number of aromatic nitrogens is 4. The van der Waals surface area contributed by atoms with Gasteiger partial charge in [-0.2, -0.15) is 0 Å². The van der Waals surface area contributed by atoms with Crippen molar-refractivity contribution in [3.8, 4) is 11.3 Å². The number of carbonyl (C=O) groups is 2. The predicted octanol–water partition coefficient (Wildman–Crippen LogP) is 4.54. The number of imidazole rings is 1. The molecular weight excluding hydrogens is 479 g/mol. The molecule has 1 aliphatic rings. The molecule has 0 bridgehead atoms. The maximum atomic E-state index is 14.7. The first-order valence-electron chi connectivity index (χ1n) is 12.0. The summed E-state index contributed by atoms with van der Waals surface area (Å²) in [5.41, 5.74) is 1.88. The van der Waals surface area contributed by atoms with Crippen molar-refractivity contribution in [3.05, 3.63) is 60.0 Å². The van der Waals surface area contributed by atoms with E-state index in [1.165, 1.54) is 24.4 Å². The Morgan fingerprint density at radius 3 is 2.57 bits per heavy atom. The van der Waals surface area contributed by atoms with Gasteiger partial charge in [0.2, 0.25) is 17.4 Å². The number of rotatable bonds is 6. The van der Waals surface area contributed by atoms with E-state index in [1.807, 2.05) is 0 Å². The number of amides is 2. The van der Waals surface area contributed by atoms with Crippen LogP contribution in [-0.2, 0) is 9.53 Å². The molecule has 11 heteroatoms. The number of carbonyl (C=O) groups excluding carboxylic acids is 2. The van der Waals surface area contributed by atoms with E-state index in [-0.39, 0.29) is 29.3 Å². The molecule has 0 aliphatic heterocycles. The van der Waals surface area contributed by atoms with Gasteiger partial charge in [-0.05, 0) is 50.8 Å².